The molecular formula is C85H72. The van der Waals surface area contributed by atoms with Gasteiger partial charge in [-0.3, -0.25) is 0 Å². The Morgan fingerprint density at radius 1 is 0.165 bits per heavy atom. The van der Waals surface area contributed by atoms with E-state index in [0.717, 1.165) is 0 Å². The molecule has 0 aliphatic heterocycles. The second-order valence-electron chi connectivity index (χ2n) is 25.2. The second-order valence-corrected chi connectivity index (χ2v) is 25.2. The third-order valence-electron chi connectivity index (χ3n) is 19.0. The fourth-order valence-corrected chi connectivity index (χ4v) is 15.8. The molecule has 0 bridgehead atoms. The van der Waals surface area contributed by atoms with Crippen molar-refractivity contribution in [3.05, 3.63) is 307 Å². The van der Waals surface area contributed by atoms with Gasteiger partial charge in [0, 0.05) is 0 Å². The van der Waals surface area contributed by atoms with E-state index in [4.69, 9.17) is 0 Å². The zero-order valence-electron chi connectivity index (χ0n) is 51.3. The molecule has 0 saturated heterocycles. The molecule has 1 spiro atoms. The standard InChI is InChI=1S/C85H72/c1-49-37-53(5)81(54(6)38-49)65-21-13-61(14-22-65)69-29-33-73-74-34-30-70(62-15-23-66(24-16-62)82-55(7)39-50(2)40-56(82)8)46-78(74)85(77(73)45-69)79-47-71(63-17-25-67(26-18-63)83-57(9)41-51(3)42-58(83)10)31-35-75(79)76-36-32-72(48-80(76)85)64-19-27-68(28-20-64)84-59(11)43-52(4)44-60(84)12/h13-48H,1-12H3. The van der Waals surface area contributed by atoms with Crippen molar-refractivity contribution in [2.45, 2.75) is 88.5 Å². The smallest absolute Gasteiger partial charge is 0.0557 e. The Kier molecular flexibility index (Phi) is 12.9. The first-order valence-electron chi connectivity index (χ1n) is 30.4. The van der Waals surface area contributed by atoms with E-state index in [-0.39, 0.29) is 0 Å². The maximum Gasteiger partial charge on any atom is 0.0726 e. The number of benzene rings is 12. The minimum atomic E-state index is -0.661. The van der Waals surface area contributed by atoms with Gasteiger partial charge in [0.25, 0.3) is 0 Å². The summed E-state index contributed by atoms with van der Waals surface area (Å²) < 4.78 is 0. The van der Waals surface area contributed by atoms with Gasteiger partial charge < -0.3 is 0 Å². The largest absolute Gasteiger partial charge is 0.0726 e. The van der Waals surface area contributed by atoms with Crippen LogP contribution in [0, 0.1) is 83.1 Å². The van der Waals surface area contributed by atoms with Gasteiger partial charge in [-0.05, 0) is 285 Å². The predicted octanol–water partition coefficient (Wildman–Crippen LogP) is 23.1. The molecule has 12 aromatic rings. The molecule has 0 amide bonds. The van der Waals surface area contributed by atoms with E-state index in [0.29, 0.717) is 0 Å². The lowest BCUT2D eigenvalue weighted by Crippen LogP contribution is -2.26. The van der Waals surface area contributed by atoms with E-state index < -0.39 is 5.41 Å². The highest BCUT2D eigenvalue weighted by atomic mass is 14.5. The third kappa shape index (κ3) is 8.88. The van der Waals surface area contributed by atoms with Gasteiger partial charge in [0.2, 0.25) is 0 Å². The Hall–Kier alpha value is -9.36. The van der Waals surface area contributed by atoms with Gasteiger partial charge in [0.05, 0.1) is 5.41 Å². The summed E-state index contributed by atoms with van der Waals surface area (Å²) in [4.78, 5) is 0. The zero-order chi connectivity index (χ0) is 58.7. The van der Waals surface area contributed by atoms with Gasteiger partial charge in [-0.2, -0.15) is 0 Å². The molecule has 12 aromatic carbocycles. The first kappa shape index (κ1) is 53.6. The van der Waals surface area contributed by atoms with Crippen LogP contribution in [0.2, 0.25) is 0 Å². The number of aryl methyl sites for hydroxylation is 12. The van der Waals surface area contributed by atoms with Crippen LogP contribution in [0.25, 0.3) is 111 Å². The number of hydrogen-bond acceptors (Lipinski definition) is 0. The van der Waals surface area contributed by atoms with Crippen LogP contribution >= 0.6 is 0 Å². The van der Waals surface area contributed by atoms with E-state index in [9.17, 15) is 0 Å². The lowest BCUT2D eigenvalue weighted by Gasteiger charge is -2.32. The van der Waals surface area contributed by atoms with Crippen LogP contribution in [-0.4, -0.2) is 0 Å². The van der Waals surface area contributed by atoms with E-state index >= 15 is 0 Å². The number of hydrogen-bond donors (Lipinski definition) is 0. The Morgan fingerprint density at radius 3 is 0.494 bits per heavy atom. The van der Waals surface area contributed by atoms with Gasteiger partial charge in [-0.1, -0.05) is 216 Å². The zero-order valence-corrected chi connectivity index (χ0v) is 51.3. The van der Waals surface area contributed by atoms with Crippen molar-refractivity contribution in [1.82, 2.24) is 0 Å². The Bertz CT molecular complexity index is 4010. The van der Waals surface area contributed by atoms with Crippen molar-refractivity contribution >= 4 is 0 Å². The highest BCUT2D eigenvalue weighted by Gasteiger charge is 2.52. The average molecular weight is 1090 g/mol. The summed E-state index contributed by atoms with van der Waals surface area (Å²) in [7, 11) is 0. The molecule has 0 saturated carbocycles. The van der Waals surface area contributed by atoms with E-state index in [2.05, 4.69) is 301 Å². The lowest BCUT2D eigenvalue weighted by atomic mass is 9.69. The van der Waals surface area contributed by atoms with Gasteiger partial charge in [0.15, 0.2) is 0 Å². The summed E-state index contributed by atoms with van der Waals surface area (Å²) in [6.45, 7) is 26.7. The van der Waals surface area contributed by atoms with Crippen LogP contribution in [0.1, 0.15) is 89.0 Å². The molecule has 0 nitrogen and oxygen atoms in total. The highest BCUT2D eigenvalue weighted by molar-refractivity contribution is 5.99. The first-order valence-corrected chi connectivity index (χ1v) is 30.4. The van der Waals surface area contributed by atoms with Crippen molar-refractivity contribution in [1.29, 1.82) is 0 Å². The number of rotatable bonds is 8. The van der Waals surface area contributed by atoms with E-state index in [1.165, 1.54) is 200 Å². The molecular weight excluding hydrogens is 1020 g/mol. The predicted molar refractivity (Wildman–Crippen MR) is 363 cm³/mol. The summed E-state index contributed by atoms with van der Waals surface area (Å²) in [5.74, 6) is 0. The molecule has 2 aliphatic rings. The van der Waals surface area contributed by atoms with Crippen LogP contribution in [0.15, 0.2) is 218 Å². The summed E-state index contributed by atoms with van der Waals surface area (Å²) >= 11 is 0. The van der Waals surface area contributed by atoms with Crippen molar-refractivity contribution in [3.63, 3.8) is 0 Å². The van der Waals surface area contributed by atoms with Crippen molar-refractivity contribution < 1.29 is 0 Å². The van der Waals surface area contributed by atoms with Crippen molar-refractivity contribution in [3.8, 4) is 111 Å². The monoisotopic (exact) mass is 1090 g/mol. The fourth-order valence-electron chi connectivity index (χ4n) is 15.8. The van der Waals surface area contributed by atoms with Crippen molar-refractivity contribution in [2.75, 3.05) is 0 Å². The summed E-state index contributed by atoms with van der Waals surface area (Å²) in [6, 6.07) is 85.1. The van der Waals surface area contributed by atoms with Gasteiger partial charge >= 0.3 is 0 Å². The third-order valence-corrected chi connectivity index (χ3v) is 19.0. The van der Waals surface area contributed by atoms with Crippen molar-refractivity contribution in [2.24, 2.45) is 0 Å². The average Bonchev–Trinajstić information content (AvgIpc) is 1.52. The van der Waals surface area contributed by atoms with Gasteiger partial charge in [-0.15, -0.1) is 0 Å². The summed E-state index contributed by atoms with van der Waals surface area (Å²) in [6.07, 6.45) is 0. The Morgan fingerprint density at radius 2 is 0.318 bits per heavy atom. The molecule has 0 aromatic heterocycles. The SMILES string of the molecule is Cc1cc(C)c(-c2ccc(-c3ccc4c(c3)C3(c5cc(-c6ccc(-c7c(C)cc(C)cc7C)cc6)ccc5-4)c4cc(-c5ccc(-c6c(C)cc(C)cc6C)cc5)ccc4-c4ccc(-c5ccc(-c6c(C)cc(C)cc6C)cc5)cc43)cc2)c(C)c1. The van der Waals surface area contributed by atoms with Crippen LogP contribution in [-0.2, 0) is 5.41 Å². The summed E-state index contributed by atoms with van der Waals surface area (Å²) in [5.41, 5.74) is 45.4. The molecule has 0 atom stereocenters. The van der Waals surface area contributed by atoms with Crippen LogP contribution in [0.3, 0.4) is 0 Å². The van der Waals surface area contributed by atoms with Crippen LogP contribution < -0.4 is 0 Å². The second kappa shape index (κ2) is 20.5. The Labute approximate surface area is 504 Å². The minimum Gasteiger partial charge on any atom is -0.0557 e. The van der Waals surface area contributed by atoms with Gasteiger partial charge in [-0.25, -0.2) is 0 Å². The first-order chi connectivity index (χ1) is 41.0. The van der Waals surface area contributed by atoms with Crippen LogP contribution in [0.4, 0.5) is 0 Å². The summed E-state index contributed by atoms with van der Waals surface area (Å²) in [5, 5.41) is 0. The molecule has 0 radical (unpaired) electrons. The molecule has 2 aliphatic carbocycles. The molecule has 14 rings (SSSR count). The normalized spacial score (nSPS) is 12.6. The van der Waals surface area contributed by atoms with Crippen LogP contribution in [0.5, 0.6) is 0 Å². The quantitative estimate of drug-likeness (QED) is 0.142. The molecule has 0 N–H and O–H groups in total. The molecule has 0 heterocycles. The molecule has 0 unspecified atom stereocenters. The molecule has 412 valence electrons. The maximum absolute atomic E-state index is 2.55. The van der Waals surface area contributed by atoms with E-state index in [1.54, 1.807) is 0 Å². The molecule has 85 heavy (non-hydrogen) atoms. The Balaban J connectivity index is 0.983. The topological polar surface area (TPSA) is 0 Å². The maximum atomic E-state index is 2.55. The lowest BCUT2D eigenvalue weighted by molar-refractivity contribution is 0.795. The number of fused-ring (bicyclic) bond motifs is 10. The minimum absolute atomic E-state index is 0.661. The highest BCUT2D eigenvalue weighted by Crippen LogP contribution is 2.64. The van der Waals surface area contributed by atoms with Gasteiger partial charge in [0.1, 0.15) is 0 Å². The fraction of sp³-hybridized carbons (Fsp3) is 0.153. The van der Waals surface area contributed by atoms with E-state index in [1.807, 2.05) is 0 Å². The molecule has 0 fully saturated rings. The molecule has 0 heteroatoms.